The normalized spacial score (nSPS) is 11.3. The molecule has 0 atom stereocenters. The maximum Gasteiger partial charge on any atom is 0.160 e. The summed E-state index contributed by atoms with van der Waals surface area (Å²) in [6.45, 7) is 0. The summed E-state index contributed by atoms with van der Waals surface area (Å²) >= 11 is 5.28. The largest absolute Gasteiger partial charge is 0.226 e. The van der Waals surface area contributed by atoms with Crippen LogP contribution in [-0.4, -0.2) is 29.9 Å². The molecule has 6 nitrogen and oxygen atoms in total. The minimum atomic E-state index is 0.728. The molecule has 0 spiro atoms. The van der Waals surface area contributed by atoms with Gasteiger partial charge in [0.15, 0.2) is 17.5 Å². The highest BCUT2D eigenvalue weighted by Crippen LogP contribution is 2.47. The molecule has 9 heteroatoms. The van der Waals surface area contributed by atoms with Gasteiger partial charge in [0.25, 0.3) is 0 Å². The summed E-state index contributed by atoms with van der Waals surface area (Å²) in [7, 11) is 0. The maximum absolute atomic E-state index is 5.29. The van der Waals surface area contributed by atoms with E-state index in [2.05, 4.69) is 540 Å². The van der Waals surface area contributed by atoms with Gasteiger partial charge in [-0.1, -0.05) is 497 Å². The zero-order valence-corrected chi connectivity index (χ0v) is 82.3. The van der Waals surface area contributed by atoms with Gasteiger partial charge in [0.2, 0.25) is 0 Å². The van der Waals surface area contributed by atoms with Crippen molar-refractivity contribution in [2.24, 2.45) is 0 Å². The molecule has 0 saturated carbocycles. The van der Waals surface area contributed by atoms with E-state index in [0.717, 1.165) is 137 Å². The van der Waals surface area contributed by atoms with E-state index in [4.69, 9.17) is 29.9 Å². The average Bonchev–Trinajstić information content (AvgIpc) is 1.62. The predicted octanol–water partition coefficient (Wildman–Crippen LogP) is 38.5. The Kier molecular flexibility index (Phi) is 24.7. The van der Waals surface area contributed by atoms with Crippen LogP contribution < -0.4 is 0 Å². The number of rotatable bonds is 18. The second-order valence-electron chi connectivity index (χ2n) is 36.7. The standard InChI is InChI=1S/3C46H30N2S/c1-3-12-31(13-4-1)35-16-9-18-37(28-35)33-24-26-34(27-25-33)43-45-44(41-22-7-8-23-42(41)49-45)48-46(47-43)40-21-11-20-39(30-40)38-19-10-17-36(29-38)32-14-5-2-6-15-32;1-3-11-31(12-4-1)37-15-9-17-39(29-37)33-21-25-35(26-22-33)43-45-44(41-19-7-8-20-42(41)49-45)48-46(47-43)36-27-23-34(24-28-36)40-18-10-16-38(30-40)32-13-5-2-6-14-32;1-3-9-31(10-4-1)33-15-19-35(20-16-33)37-23-27-39(28-24-37)43-45-44(41-13-7-8-14-42(41)49-45)48-46(47-43)40-29-25-38(26-30-40)36-21-17-34(18-22-36)32-11-5-2-6-12-32/h3*1-30H. The number of aromatic nitrogens is 6. The molecule has 0 fully saturated rings. The Morgan fingerprint density at radius 3 is 0.490 bits per heavy atom. The Bertz CT molecular complexity index is 9430. The molecule has 27 rings (SSSR count). The fourth-order valence-electron chi connectivity index (χ4n) is 19.7. The minimum Gasteiger partial charge on any atom is -0.226 e. The molecule has 0 amide bonds. The van der Waals surface area contributed by atoms with Crippen LogP contribution in [0.15, 0.2) is 546 Å². The Morgan fingerprint density at radius 1 is 0.109 bits per heavy atom. The van der Waals surface area contributed by atoms with Gasteiger partial charge in [-0.15, -0.1) is 34.0 Å². The Balaban J connectivity index is 0.000000115. The van der Waals surface area contributed by atoms with E-state index in [-0.39, 0.29) is 0 Å². The molecule has 0 bridgehead atoms. The SMILES string of the molecule is c1ccc(-c2ccc(-c3ccc(-c4nc(-c5ccc(-c6ccc(-c7ccccc7)cc6)cc5)c5sc6ccccc6c5n4)cc3)cc2)cc1.c1ccc(-c2cccc(-c3ccc(-c4nc(-c5ccc(-c6cccc(-c7ccccc7)c6)cc5)c5sc6ccccc6c5n4)cc3)c2)cc1.c1ccc(-c2cccc(-c3ccc(-c4nc(-c5cccc(-c6cccc(-c7ccccc7)c6)c5)nc5c4sc4ccccc45)cc3)c2)cc1. The van der Waals surface area contributed by atoms with Crippen LogP contribution in [0.3, 0.4) is 0 Å². The molecule has 0 aliphatic carbocycles. The Hall–Kier alpha value is -18.5. The lowest BCUT2D eigenvalue weighted by molar-refractivity contribution is 1.24. The van der Waals surface area contributed by atoms with Crippen molar-refractivity contribution in [3.63, 3.8) is 0 Å². The minimum absolute atomic E-state index is 0.728. The zero-order valence-electron chi connectivity index (χ0n) is 79.9. The van der Waals surface area contributed by atoms with Crippen molar-refractivity contribution in [2.45, 2.75) is 0 Å². The Morgan fingerprint density at radius 2 is 0.259 bits per heavy atom. The quantitative estimate of drug-likeness (QED) is 0.0852. The molecule has 147 heavy (non-hydrogen) atoms. The predicted molar refractivity (Wildman–Crippen MR) is 623 cm³/mol. The van der Waals surface area contributed by atoms with Gasteiger partial charge in [-0.05, 0) is 182 Å². The van der Waals surface area contributed by atoms with E-state index in [1.807, 2.05) is 6.07 Å². The second kappa shape index (κ2) is 40.5. The molecule has 0 aliphatic heterocycles. The van der Waals surface area contributed by atoms with Crippen LogP contribution in [0.5, 0.6) is 0 Å². The van der Waals surface area contributed by atoms with Gasteiger partial charge in [0.1, 0.15) is 0 Å². The van der Waals surface area contributed by atoms with Crippen molar-refractivity contribution in [3.8, 4) is 201 Å². The number of hydrogen-bond donors (Lipinski definition) is 0. The fourth-order valence-corrected chi connectivity index (χ4v) is 23.1. The summed E-state index contributed by atoms with van der Waals surface area (Å²) in [4.78, 5) is 31.3. The van der Waals surface area contributed by atoms with E-state index in [0.29, 0.717) is 0 Å². The molecule has 0 N–H and O–H groups in total. The number of nitrogens with zero attached hydrogens (tertiary/aromatic N) is 6. The highest BCUT2D eigenvalue weighted by molar-refractivity contribution is 7.27. The molecule has 0 radical (unpaired) electrons. The van der Waals surface area contributed by atoms with Crippen LogP contribution in [0, 0.1) is 0 Å². The lowest BCUT2D eigenvalue weighted by atomic mass is 9.97. The molecule has 690 valence electrons. The highest BCUT2D eigenvalue weighted by atomic mass is 32.1. The second-order valence-corrected chi connectivity index (χ2v) is 39.8. The molecule has 6 heterocycles. The summed E-state index contributed by atoms with van der Waals surface area (Å²) in [6, 6.07) is 193. The topological polar surface area (TPSA) is 77.3 Å². The molecule has 6 aromatic heterocycles. The monoisotopic (exact) mass is 1930 g/mol. The van der Waals surface area contributed by atoms with Crippen LogP contribution in [-0.2, 0) is 0 Å². The molecule has 27 aromatic rings. The van der Waals surface area contributed by atoms with Crippen LogP contribution >= 0.6 is 34.0 Å². The maximum atomic E-state index is 5.29. The molecular formula is C138H90N6S3. The van der Waals surface area contributed by atoms with Crippen molar-refractivity contribution < 1.29 is 0 Å². The fraction of sp³-hybridized carbons (Fsp3) is 0. The van der Waals surface area contributed by atoms with Crippen molar-refractivity contribution in [1.82, 2.24) is 29.9 Å². The first-order valence-corrected chi connectivity index (χ1v) is 51.9. The van der Waals surface area contributed by atoms with Crippen LogP contribution in [0.1, 0.15) is 0 Å². The van der Waals surface area contributed by atoms with Gasteiger partial charge >= 0.3 is 0 Å². The number of thiophene rings is 3. The summed E-state index contributed by atoms with van der Waals surface area (Å²) in [5, 5.41) is 3.49. The Labute approximate surface area is 865 Å². The van der Waals surface area contributed by atoms with Crippen LogP contribution in [0.25, 0.3) is 262 Å². The highest BCUT2D eigenvalue weighted by Gasteiger charge is 2.23. The van der Waals surface area contributed by atoms with Crippen LogP contribution in [0.4, 0.5) is 0 Å². The van der Waals surface area contributed by atoms with Gasteiger partial charge in [0.05, 0.1) is 47.7 Å². The summed E-state index contributed by atoms with van der Waals surface area (Å²) < 4.78 is 6.97. The van der Waals surface area contributed by atoms with E-state index >= 15 is 0 Å². The summed E-state index contributed by atoms with van der Waals surface area (Å²) in [6.07, 6.45) is 0. The average molecular weight is 1930 g/mol. The van der Waals surface area contributed by atoms with Crippen molar-refractivity contribution >= 4 is 94.9 Å². The third-order valence-corrected chi connectivity index (χ3v) is 30.9. The van der Waals surface area contributed by atoms with E-state index < -0.39 is 0 Å². The zero-order chi connectivity index (χ0) is 97.7. The lowest BCUT2D eigenvalue weighted by Gasteiger charge is -2.11. The van der Waals surface area contributed by atoms with Crippen molar-refractivity contribution in [3.05, 3.63) is 546 Å². The number of benzene rings is 21. The number of hydrogen-bond acceptors (Lipinski definition) is 9. The summed E-state index contributed by atoms with van der Waals surface area (Å²) in [5.74, 6) is 2.19. The van der Waals surface area contributed by atoms with Gasteiger partial charge in [0, 0.05) is 63.6 Å². The lowest BCUT2D eigenvalue weighted by Crippen LogP contribution is -1.94. The van der Waals surface area contributed by atoms with Gasteiger partial charge < -0.3 is 0 Å². The first kappa shape index (κ1) is 89.8. The summed E-state index contributed by atoms with van der Waals surface area (Å²) in [5.41, 5.74) is 40.8. The third kappa shape index (κ3) is 18.8. The van der Waals surface area contributed by atoms with Crippen molar-refractivity contribution in [2.75, 3.05) is 0 Å². The molecule has 0 unspecified atom stereocenters. The smallest absolute Gasteiger partial charge is 0.160 e. The van der Waals surface area contributed by atoms with Gasteiger partial charge in [-0.25, -0.2) is 29.9 Å². The molecule has 21 aromatic carbocycles. The van der Waals surface area contributed by atoms with Gasteiger partial charge in [-0.3, -0.25) is 0 Å². The molecule has 0 aliphatic rings. The van der Waals surface area contributed by atoms with Gasteiger partial charge in [-0.2, -0.15) is 0 Å². The van der Waals surface area contributed by atoms with E-state index in [1.54, 1.807) is 34.0 Å². The third-order valence-electron chi connectivity index (χ3n) is 27.4. The molecule has 0 saturated heterocycles. The van der Waals surface area contributed by atoms with E-state index in [1.165, 1.54) is 125 Å². The molecular weight excluding hydrogens is 1840 g/mol. The first-order chi connectivity index (χ1) is 72.8. The van der Waals surface area contributed by atoms with Crippen LogP contribution in [0.2, 0.25) is 0 Å². The first-order valence-electron chi connectivity index (χ1n) is 49.5. The van der Waals surface area contributed by atoms with E-state index in [9.17, 15) is 0 Å². The number of fused-ring (bicyclic) bond motifs is 9. The van der Waals surface area contributed by atoms with Crippen molar-refractivity contribution in [1.29, 1.82) is 0 Å².